The standard InChI is InChI=1S/C14H18N2O3S/c1-11-5-7-13(8-6-11)20(17,18)15-14-16-9-3-2-4-12(16)10-19-14/h5-8,12H,2-4,9-10H2,1H3/b15-14+. The van der Waals surface area contributed by atoms with Gasteiger partial charge in [0.1, 0.15) is 6.61 Å². The van der Waals surface area contributed by atoms with E-state index in [-0.39, 0.29) is 17.0 Å². The molecule has 6 heteroatoms. The summed E-state index contributed by atoms with van der Waals surface area (Å²) < 4.78 is 33.9. The van der Waals surface area contributed by atoms with Gasteiger partial charge in [0, 0.05) is 6.54 Å². The number of piperidine rings is 1. The van der Waals surface area contributed by atoms with Crippen LogP contribution >= 0.6 is 0 Å². The van der Waals surface area contributed by atoms with Gasteiger partial charge in [-0.1, -0.05) is 17.7 Å². The Hall–Kier alpha value is -1.56. The summed E-state index contributed by atoms with van der Waals surface area (Å²) in [5, 5.41) is 0. The summed E-state index contributed by atoms with van der Waals surface area (Å²) >= 11 is 0. The molecule has 0 amide bonds. The molecule has 0 spiro atoms. The molecular weight excluding hydrogens is 276 g/mol. The van der Waals surface area contributed by atoms with Crippen LogP contribution in [0, 0.1) is 6.92 Å². The number of fused-ring (bicyclic) bond motifs is 1. The Morgan fingerprint density at radius 2 is 2.00 bits per heavy atom. The minimum absolute atomic E-state index is 0.208. The summed E-state index contributed by atoms with van der Waals surface area (Å²) in [7, 11) is -3.69. The first-order valence-corrected chi connectivity index (χ1v) is 8.31. The second-order valence-electron chi connectivity index (χ2n) is 5.32. The molecule has 0 aliphatic carbocycles. The molecular formula is C14H18N2O3S. The Bertz CT molecular complexity index is 622. The van der Waals surface area contributed by atoms with Crippen LogP contribution in [0.4, 0.5) is 0 Å². The number of hydrogen-bond acceptors (Lipinski definition) is 3. The zero-order chi connectivity index (χ0) is 14.2. The minimum atomic E-state index is -3.69. The summed E-state index contributed by atoms with van der Waals surface area (Å²) in [6.07, 6.45) is 3.27. The molecule has 0 bridgehead atoms. The summed E-state index contributed by atoms with van der Waals surface area (Å²) in [6, 6.07) is 7.25. The van der Waals surface area contributed by atoms with E-state index in [2.05, 4.69) is 4.40 Å². The molecule has 20 heavy (non-hydrogen) atoms. The van der Waals surface area contributed by atoms with Crippen molar-refractivity contribution in [2.24, 2.45) is 4.40 Å². The Morgan fingerprint density at radius 1 is 1.25 bits per heavy atom. The molecule has 0 saturated carbocycles. The first kappa shape index (κ1) is 13.4. The van der Waals surface area contributed by atoms with Crippen molar-refractivity contribution < 1.29 is 13.2 Å². The fourth-order valence-electron chi connectivity index (χ4n) is 2.62. The Morgan fingerprint density at radius 3 is 2.75 bits per heavy atom. The van der Waals surface area contributed by atoms with E-state index in [1.807, 2.05) is 11.8 Å². The van der Waals surface area contributed by atoms with Crippen molar-refractivity contribution in [3.63, 3.8) is 0 Å². The van der Waals surface area contributed by atoms with Crippen molar-refractivity contribution in [1.82, 2.24) is 4.90 Å². The molecule has 0 N–H and O–H groups in total. The van der Waals surface area contributed by atoms with Crippen LogP contribution < -0.4 is 0 Å². The lowest BCUT2D eigenvalue weighted by Crippen LogP contribution is -2.38. The third-order valence-corrected chi connectivity index (χ3v) is 5.06. The second-order valence-corrected chi connectivity index (χ2v) is 6.92. The van der Waals surface area contributed by atoms with Crippen molar-refractivity contribution in [3.8, 4) is 0 Å². The zero-order valence-corrected chi connectivity index (χ0v) is 12.3. The van der Waals surface area contributed by atoms with Gasteiger partial charge in [0.15, 0.2) is 0 Å². The molecule has 1 aromatic rings. The van der Waals surface area contributed by atoms with E-state index in [0.29, 0.717) is 6.61 Å². The Kier molecular flexibility index (Phi) is 3.41. The Labute approximate surface area is 119 Å². The molecule has 3 rings (SSSR count). The molecule has 0 radical (unpaired) electrons. The number of hydrogen-bond donors (Lipinski definition) is 0. The molecule has 1 unspecified atom stereocenters. The molecule has 2 fully saturated rings. The van der Waals surface area contributed by atoms with Gasteiger partial charge in [0.2, 0.25) is 0 Å². The van der Waals surface area contributed by atoms with Crippen LogP contribution in [-0.4, -0.2) is 38.5 Å². The topological polar surface area (TPSA) is 59.0 Å². The summed E-state index contributed by atoms with van der Waals surface area (Å²) in [5.74, 6) is 0. The highest BCUT2D eigenvalue weighted by Crippen LogP contribution is 2.24. The maximum Gasteiger partial charge on any atom is 0.303 e. The van der Waals surface area contributed by atoms with Gasteiger partial charge < -0.3 is 9.64 Å². The van der Waals surface area contributed by atoms with Crippen LogP contribution in [0.1, 0.15) is 24.8 Å². The van der Waals surface area contributed by atoms with E-state index in [0.717, 1.165) is 24.9 Å². The van der Waals surface area contributed by atoms with Gasteiger partial charge in [0.25, 0.3) is 10.0 Å². The van der Waals surface area contributed by atoms with Gasteiger partial charge in [-0.3, -0.25) is 0 Å². The maximum atomic E-state index is 12.3. The molecule has 1 aromatic carbocycles. The van der Waals surface area contributed by atoms with E-state index in [9.17, 15) is 8.42 Å². The van der Waals surface area contributed by atoms with Crippen LogP contribution in [0.25, 0.3) is 0 Å². The van der Waals surface area contributed by atoms with Gasteiger partial charge in [-0.25, -0.2) is 0 Å². The number of benzene rings is 1. The maximum absolute atomic E-state index is 12.3. The molecule has 0 aromatic heterocycles. The van der Waals surface area contributed by atoms with Crippen LogP contribution in [0.3, 0.4) is 0 Å². The van der Waals surface area contributed by atoms with Crippen molar-refractivity contribution in [2.45, 2.75) is 37.1 Å². The van der Waals surface area contributed by atoms with Crippen molar-refractivity contribution >= 4 is 16.0 Å². The number of rotatable bonds is 2. The van der Waals surface area contributed by atoms with Gasteiger partial charge in [-0.05, 0) is 38.3 Å². The van der Waals surface area contributed by atoms with E-state index < -0.39 is 10.0 Å². The lowest BCUT2D eigenvalue weighted by molar-refractivity contribution is 0.256. The van der Waals surface area contributed by atoms with E-state index >= 15 is 0 Å². The van der Waals surface area contributed by atoms with Crippen LogP contribution in [-0.2, 0) is 14.8 Å². The fourth-order valence-corrected chi connectivity index (χ4v) is 3.57. The van der Waals surface area contributed by atoms with Crippen molar-refractivity contribution in [2.75, 3.05) is 13.2 Å². The molecule has 2 heterocycles. The third-order valence-electron chi connectivity index (χ3n) is 3.79. The van der Waals surface area contributed by atoms with E-state index in [4.69, 9.17) is 4.74 Å². The van der Waals surface area contributed by atoms with Gasteiger partial charge >= 0.3 is 6.02 Å². The summed E-state index contributed by atoms with van der Waals surface area (Å²) in [4.78, 5) is 2.19. The number of aryl methyl sites for hydroxylation is 1. The second kappa shape index (κ2) is 5.09. The SMILES string of the molecule is Cc1ccc(S(=O)(=O)/N=C2/OCC3CCCCN23)cc1. The average Bonchev–Trinajstić information content (AvgIpc) is 2.82. The summed E-state index contributed by atoms with van der Waals surface area (Å²) in [6.45, 7) is 3.29. The number of amidine groups is 1. The highest BCUT2D eigenvalue weighted by molar-refractivity contribution is 7.90. The first-order valence-electron chi connectivity index (χ1n) is 6.87. The lowest BCUT2D eigenvalue weighted by atomic mass is 10.0. The fraction of sp³-hybridized carbons (Fsp3) is 0.500. The van der Waals surface area contributed by atoms with E-state index in [1.54, 1.807) is 24.3 Å². The smallest absolute Gasteiger partial charge is 0.303 e. The Balaban J connectivity index is 1.88. The average molecular weight is 294 g/mol. The summed E-state index contributed by atoms with van der Waals surface area (Å²) in [5.41, 5.74) is 1.02. The van der Waals surface area contributed by atoms with Gasteiger partial charge in [-0.2, -0.15) is 8.42 Å². The number of nitrogens with zero attached hydrogens (tertiary/aromatic N) is 2. The van der Waals surface area contributed by atoms with Crippen LogP contribution in [0.2, 0.25) is 0 Å². The zero-order valence-electron chi connectivity index (χ0n) is 11.4. The predicted octanol–water partition coefficient (Wildman–Crippen LogP) is 1.92. The molecule has 5 nitrogen and oxygen atoms in total. The van der Waals surface area contributed by atoms with Gasteiger partial charge in [0.05, 0.1) is 10.9 Å². The van der Waals surface area contributed by atoms with Crippen LogP contribution in [0.5, 0.6) is 0 Å². The monoisotopic (exact) mass is 294 g/mol. The van der Waals surface area contributed by atoms with Gasteiger partial charge in [-0.15, -0.1) is 4.40 Å². The molecule has 2 aliphatic rings. The highest BCUT2D eigenvalue weighted by atomic mass is 32.2. The minimum Gasteiger partial charge on any atom is -0.462 e. The molecule has 2 saturated heterocycles. The van der Waals surface area contributed by atoms with E-state index in [1.165, 1.54) is 6.42 Å². The lowest BCUT2D eigenvalue weighted by Gasteiger charge is -2.27. The normalized spacial score (nSPS) is 24.6. The highest BCUT2D eigenvalue weighted by Gasteiger charge is 2.34. The molecule has 2 aliphatic heterocycles. The van der Waals surface area contributed by atoms with Crippen molar-refractivity contribution in [3.05, 3.63) is 29.8 Å². The largest absolute Gasteiger partial charge is 0.462 e. The van der Waals surface area contributed by atoms with Crippen molar-refractivity contribution in [1.29, 1.82) is 0 Å². The number of ether oxygens (including phenoxy) is 1. The first-order chi connectivity index (χ1) is 9.56. The number of sulfonamides is 1. The predicted molar refractivity (Wildman–Crippen MR) is 76.1 cm³/mol. The third kappa shape index (κ3) is 2.52. The molecule has 108 valence electrons. The molecule has 1 atom stereocenters. The quantitative estimate of drug-likeness (QED) is 0.836. The van der Waals surface area contributed by atoms with Crippen LogP contribution in [0.15, 0.2) is 33.6 Å².